The lowest BCUT2D eigenvalue weighted by Crippen LogP contribution is -2.34. The van der Waals surface area contributed by atoms with E-state index in [1.807, 2.05) is 11.8 Å². The molecule has 2 heteroatoms. The highest BCUT2D eigenvalue weighted by atomic mass is 32.2. The SMILES string of the molecule is Cc1ccc(SCCNC2CCCC(C)C2)c(C)c1. The van der Waals surface area contributed by atoms with Crippen molar-refractivity contribution in [3.63, 3.8) is 0 Å². The predicted molar refractivity (Wildman–Crippen MR) is 86.1 cm³/mol. The highest BCUT2D eigenvalue weighted by molar-refractivity contribution is 7.99. The van der Waals surface area contributed by atoms with E-state index in [-0.39, 0.29) is 0 Å². The number of aryl methyl sites for hydroxylation is 2. The summed E-state index contributed by atoms with van der Waals surface area (Å²) in [7, 11) is 0. The molecule has 0 aromatic heterocycles. The second-order valence-electron chi connectivity index (χ2n) is 6.04. The van der Waals surface area contributed by atoms with E-state index in [9.17, 15) is 0 Å². The molecule has 19 heavy (non-hydrogen) atoms. The molecule has 0 spiro atoms. The van der Waals surface area contributed by atoms with Crippen LogP contribution < -0.4 is 5.32 Å². The summed E-state index contributed by atoms with van der Waals surface area (Å²) in [6, 6.07) is 7.52. The molecule has 1 aromatic rings. The molecule has 0 heterocycles. The van der Waals surface area contributed by atoms with Gasteiger partial charge in [0.05, 0.1) is 0 Å². The minimum atomic E-state index is 0.767. The van der Waals surface area contributed by atoms with Crippen LogP contribution in [0.5, 0.6) is 0 Å². The summed E-state index contributed by atoms with van der Waals surface area (Å²) in [5, 5.41) is 3.73. The summed E-state index contributed by atoms with van der Waals surface area (Å²) in [5.41, 5.74) is 2.77. The number of hydrogen-bond donors (Lipinski definition) is 1. The Morgan fingerprint density at radius 2 is 2.11 bits per heavy atom. The van der Waals surface area contributed by atoms with E-state index < -0.39 is 0 Å². The third-order valence-electron chi connectivity index (χ3n) is 4.06. The molecule has 1 aromatic carbocycles. The molecule has 2 rings (SSSR count). The van der Waals surface area contributed by atoms with Gasteiger partial charge < -0.3 is 5.32 Å². The van der Waals surface area contributed by atoms with E-state index in [2.05, 4.69) is 44.3 Å². The average Bonchev–Trinajstić information content (AvgIpc) is 2.37. The van der Waals surface area contributed by atoms with E-state index in [0.29, 0.717) is 0 Å². The van der Waals surface area contributed by atoms with Gasteiger partial charge in [-0.1, -0.05) is 37.5 Å². The quantitative estimate of drug-likeness (QED) is 0.625. The zero-order chi connectivity index (χ0) is 13.7. The van der Waals surface area contributed by atoms with E-state index in [1.165, 1.54) is 47.5 Å². The molecular weight excluding hydrogens is 250 g/mol. The third kappa shape index (κ3) is 4.85. The summed E-state index contributed by atoms with van der Waals surface area (Å²) in [4.78, 5) is 1.43. The van der Waals surface area contributed by atoms with Gasteiger partial charge in [0.1, 0.15) is 0 Å². The Labute approximate surface area is 122 Å². The topological polar surface area (TPSA) is 12.0 Å². The van der Waals surface area contributed by atoms with Crippen molar-refractivity contribution in [3.05, 3.63) is 29.3 Å². The minimum Gasteiger partial charge on any atom is -0.313 e. The van der Waals surface area contributed by atoms with Crippen molar-refractivity contribution in [2.45, 2.75) is 57.4 Å². The second kappa shape index (κ2) is 7.35. The van der Waals surface area contributed by atoms with Crippen LogP contribution in [-0.4, -0.2) is 18.3 Å². The molecule has 0 saturated heterocycles. The molecule has 1 aliphatic rings. The fourth-order valence-corrected chi connectivity index (χ4v) is 3.90. The van der Waals surface area contributed by atoms with Gasteiger partial charge in [-0.25, -0.2) is 0 Å². The van der Waals surface area contributed by atoms with Gasteiger partial charge in [-0.05, 0) is 44.2 Å². The Hall–Kier alpha value is -0.470. The van der Waals surface area contributed by atoms with Gasteiger partial charge in [0.2, 0.25) is 0 Å². The third-order valence-corrected chi connectivity index (χ3v) is 5.24. The Bertz CT molecular complexity index is 402. The highest BCUT2D eigenvalue weighted by Crippen LogP contribution is 2.25. The second-order valence-corrected chi connectivity index (χ2v) is 7.18. The maximum atomic E-state index is 3.73. The summed E-state index contributed by atoms with van der Waals surface area (Å²) in [6.07, 6.45) is 5.57. The molecule has 0 amide bonds. The average molecular weight is 277 g/mol. The lowest BCUT2D eigenvalue weighted by molar-refractivity contribution is 0.306. The Kier molecular flexibility index (Phi) is 5.77. The van der Waals surface area contributed by atoms with Crippen LogP contribution in [0.2, 0.25) is 0 Å². The van der Waals surface area contributed by atoms with Crippen molar-refractivity contribution >= 4 is 11.8 Å². The fraction of sp³-hybridized carbons (Fsp3) is 0.647. The van der Waals surface area contributed by atoms with Crippen LogP contribution in [0.15, 0.2) is 23.1 Å². The van der Waals surface area contributed by atoms with Gasteiger partial charge in [-0.2, -0.15) is 0 Å². The van der Waals surface area contributed by atoms with Gasteiger partial charge in [0.15, 0.2) is 0 Å². The molecule has 2 atom stereocenters. The molecule has 1 aliphatic carbocycles. The van der Waals surface area contributed by atoms with E-state index in [1.54, 1.807) is 0 Å². The largest absolute Gasteiger partial charge is 0.313 e. The van der Waals surface area contributed by atoms with Crippen molar-refractivity contribution in [1.29, 1.82) is 0 Å². The van der Waals surface area contributed by atoms with Gasteiger partial charge in [0, 0.05) is 23.2 Å². The van der Waals surface area contributed by atoms with Crippen LogP contribution >= 0.6 is 11.8 Å². The molecule has 1 fully saturated rings. The summed E-state index contributed by atoms with van der Waals surface area (Å²) < 4.78 is 0. The monoisotopic (exact) mass is 277 g/mol. The smallest absolute Gasteiger partial charge is 0.0106 e. The molecule has 1 saturated carbocycles. The van der Waals surface area contributed by atoms with Crippen LogP contribution in [0.1, 0.15) is 43.7 Å². The first kappa shape index (κ1) is 14.9. The number of hydrogen-bond acceptors (Lipinski definition) is 2. The fourth-order valence-electron chi connectivity index (χ4n) is 3.00. The summed E-state index contributed by atoms with van der Waals surface area (Å²) in [5.74, 6) is 2.09. The zero-order valence-corrected chi connectivity index (χ0v) is 13.4. The van der Waals surface area contributed by atoms with Gasteiger partial charge in [0.25, 0.3) is 0 Å². The standard InChI is InChI=1S/C17H27NS/c1-13-5-4-6-16(12-13)18-9-10-19-17-8-7-14(2)11-15(17)3/h7-8,11,13,16,18H,4-6,9-10,12H2,1-3H3. The molecule has 0 radical (unpaired) electrons. The number of rotatable bonds is 5. The summed E-state index contributed by atoms with van der Waals surface area (Å²) in [6.45, 7) is 7.90. The first-order chi connectivity index (χ1) is 9.15. The number of nitrogens with one attached hydrogen (secondary N) is 1. The molecule has 1 nitrogen and oxygen atoms in total. The van der Waals surface area contributed by atoms with E-state index >= 15 is 0 Å². The lowest BCUT2D eigenvalue weighted by atomic mass is 9.87. The van der Waals surface area contributed by atoms with Gasteiger partial charge >= 0.3 is 0 Å². The lowest BCUT2D eigenvalue weighted by Gasteiger charge is -2.27. The van der Waals surface area contributed by atoms with Crippen LogP contribution in [0, 0.1) is 19.8 Å². The van der Waals surface area contributed by atoms with Crippen LogP contribution in [-0.2, 0) is 0 Å². The number of thioether (sulfide) groups is 1. The maximum Gasteiger partial charge on any atom is 0.0106 e. The highest BCUT2D eigenvalue weighted by Gasteiger charge is 2.17. The molecule has 0 bridgehead atoms. The normalized spacial score (nSPS) is 23.5. The summed E-state index contributed by atoms with van der Waals surface area (Å²) >= 11 is 1.98. The maximum absolute atomic E-state index is 3.73. The van der Waals surface area contributed by atoms with Crippen molar-refractivity contribution in [1.82, 2.24) is 5.32 Å². The Morgan fingerprint density at radius 3 is 2.84 bits per heavy atom. The van der Waals surface area contributed by atoms with E-state index in [4.69, 9.17) is 0 Å². The molecule has 2 unspecified atom stereocenters. The van der Waals surface area contributed by atoms with Crippen LogP contribution in [0.3, 0.4) is 0 Å². The van der Waals surface area contributed by atoms with Gasteiger partial charge in [-0.3, -0.25) is 0 Å². The van der Waals surface area contributed by atoms with Gasteiger partial charge in [-0.15, -0.1) is 11.8 Å². The first-order valence-electron chi connectivity index (χ1n) is 7.58. The van der Waals surface area contributed by atoms with Crippen molar-refractivity contribution in [2.24, 2.45) is 5.92 Å². The molecule has 1 N–H and O–H groups in total. The first-order valence-corrected chi connectivity index (χ1v) is 8.57. The van der Waals surface area contributed by atoms with Crippen LogP contribution in [0.25, 0.3) is 0 Å². The molecular formula is C17H27NS. The predicted octanol–water partition coefficient (Wildman–Crippen LogP) is 4.56. The Balaban J connectivity index is 1.69. The van der Waals surface area contributed by atoms with Crippen molar-refractivity contribution in [3.8, 4) is 0 Å². The minimum absolute atomic E-state index is 0.767. The molecule has 0 aliphatic heterocycles. The number of benzene rings is 1. The van der Waals surface area contributed by atoms with E-state index in [0.717, 1.165) is 18.5 Å². The van der Waals surface area contributed by atoms with Crippen molar-refractivity contribution < 1.29 is 0 Å². The zero-order valence-electron chi connectivity index (χ0n) is 12.5. The molecule has 106 valence electrons. The van der Waals surface area contributed by atoms with Crippen LogP contribution in [0.4, 0.5) is 0 Å². The van der Waals surface area contributed by atoms with Crippen molar-refractivity contribution in [2.75, 3.05) is 12.3 Å². The Morgan fingerprint density at radius 1 is 1.26 bits per heavy atom.